The van der Waals surface area contributed by atoms with Crippen LogP contribution in [0.25, 0.3) is 0 Å². The number of piperidine rings is 1. The van der Waals surface area contributed by atoms with Crippen LogP contribution in [0.15, 0.2) is 18.2 Å². The molecule has 0 unspecified atom stereocenters. The van der Waals surface area contributed by atoms with Crippen LogP contribution in [-0.2, 0) is 4.79 Å². The quantitative estimate of drug-likeness (QED) is 0.653. The zero-order valence-corrected chi connectivity index (χ0v) is 12.6. The number of nitrogens with one attached hydrogen (secondary N) is 2. The largest absolute Gasteiger partial charge is 0.354 e. The van der Waals surface area contributed by atoms with Gasteiger partial charge in [-0.2, -0.15) is 0 Å². The fourth-order valence-corrected chi connectivity index (χ4v) is 2.46. The number of nitrogens with zero attached hydrogens (tertiary/aromatic N) is 1. The van der Waals surface area contributed by atoms with Gasteiger partial charge in [0.1, 0.15) is 0 Å². The van der Waals surface area contributed by atoms with Crippen LogP contribution in [0.4, 0.5) is 5.69 Å². The van der Waals surface area contributed by atoms with Crippen molar-refractivity contribution in [2.45, 2.75) is 38.6 Å². The molecule has 1 heterocycles. The average Bonchev–Trinajstić information content (AvgIpc) is 2.48. The maximum atomic E-state index is 12.2. The molecule has 0 radical (unpaired) electrons. The highest BCUT2D eigenvalue weighted by molar-refractivity contribution is 5.95. The summed E-state index contributed by atoms with van der Waals surface area (Å²) in [4.78, 5) is 34.0. The van der Waals surface area contributed by atoms with Gasteiger partial charge in [-0.3, -0.25) is 19.7 Å². The number of hydrogen-bond acceptors (Lipinski definition) is 4. The Morgan fingerprint density at radius 3 is 2.73 bits per heavy atom. The molecule has 0 aliphatic carbocycles. The van der Waals surface area contributed by atoms with E-state index in [4.69, 9.17) is 0 Å². The van der Waals surface area contributed by atoms with Crippen LogP contribution in [0.1, 0.15) is 48.5 Å². The summed E-state index contributed by atoms with van der Waals surface area (Å²) in [6, 6.07) is 4.39. The molecule has 1 aliphatic heterocycles. The molecule has 2 rings (SSSR count). The van der Waals surface area contributed by atoms with Gasteiger partial charge in [-0.15, -0.1) is 0 Å². The van der Waals surface area contributed by atoms with Crippen LogP contribution in [0.5, 0.6) is 0 Å². The summed E-state index contributed by atoms with van der Waals surface area (Å²) in [6.07, 6.45) is 0.946. The molecule has 2 N–H and O–H groups in total. The van der Waals surface area contributed by atoms with Gasteiger partial charge in [0.25, 0.3) is 11.6 Å². The Kier molecular flexibility index (Phi) is 4.75. The van der Waals surface area contributed by atoms with Crippen molar-refractivity contribution in [3.05, 3.63) is 39.4 Å². The third-order valence-electron chi connectivity index (χ3n) is 3.71. The average molecular weight is 305 g/mol. The van der Waals surface area contributed by atoms with Crippen LogP contribution >= 0.6 is 0 Å². The third kappa shape index (κ3) is 3.60. The summed E-state index contributed by atoms with van der Waals surface area (Å²) in [5.41, 5.74) is 0.819. The van der Waals surface area contributed by atoms with E-state index < -0.39 is 4.92 Å². The monoisotopic (exact) mass is 305 g/mol. The lowest BCUT2D eigenvalue weighted by Crippen LogP contribution is -2.47. The summed E-state index contributed by atoms with van der Waals surface area (Å²) in [5.74, 6) is -0.381. The topological polar surface area (TPSA) is 101 Å². The first kappa shape index (κ1) is 15.9. The standard InChI is InChI=1S/C15H19N3O4/c1-9(2)12-5-3-10(7-13(12)18(21)22)15(20)17-11-4-6-14(19)16-8-11/h3,5,7,9,11H,4,6,8H2,1-2H3,(H,16,19)(H,17,20)/t11-/m1/s1. The minimum atomic E-state index is -0.465. The van der Waals surface area contributed by atoms with Crippen molar-refractivity contribution in [2.24, 2.45) is 0 Å². The molecule has 1 atom stereocenters. The highest BCUT2D eigenvalue weighted by Gasteiger charge is 2.23. The summed E-state index contributed by atoms with van der Waals surface area (Å²) in [6.45, 7) is 4.12. The number of amides is 2. The molecule has 2 amide bonds. The predicted octanol–water partition coefficient (Wildman–Crippen LogP) is 1.73. The number of carbonyl (C=O) groups excluding carboxylic acids is 2. The van der Waals surface area contributed by atoms with E-state index in [0.717, 1.165) is 0 Å². The fourth-order valence-electron chi connectivity index (χ4n) is 2.46. The van der Waals surface area contributed by atoms with Gasteiger partial charge in [-0.25, -0.2) is 0 Å². The van der Waals surface area contributed by atoms with E-state index >= 15 is 0 Å². The molecule has 7 heteroatoms. The van der Waals surface area contributed by atoms with E-state index in [1.54, 1.807) is 12.1 Å². The fraction of sp³-hybridized carbons (Fsp3) is 0.467. The molecule has 0 bridgehead atoms. The second-order valence-corrected chi connectivity index (χ2v) is 5.70. The van der Waals surface area contributed by atoms with Gasteiger partial charge >= 0.3 is 0 Å². The molecule has 1 aromatic rings. The van der Waals surface area contributed by atoms with E-state index in [1.165, 1.54) is 6.07 Å². The van der Waals surface area contributed by atoms with Crippen molar-refractivity contribution < 1.29 is 14.5 Å². The van der Waals surface area contributed by atoms with Crippen molar-refractivity contribution >= 4 is 17.5 Å². The molecule has 0 saturated carbocycles. The van der Waals surface area contributed by atoms with Gasteiger partial charge in [-0.1, -0.05) is 19.9 Å². The number of benzene rings is 1. The molecule has 0 spiro atoms. The van der Waals surface area contributed by atoms with Crippen LogP contribution in [0, 0.1) is 10.1 Å². The Morgan fingerprint density at radius 2 is 2.18 bits per heavy atom. The molecule has 1 aromatic carbocycles. The van der Waals surface area contributed by atoms with E-state index in [9.17, 15) is 19.7 Å². The first-order valence-electron chi connectivity index (χ1n) is 7.24. The molecule has 1 aliphatic rings. The highest BCUT2D eigenvalue weighted by atomic mass is 16.6. The normalized spacial score (nSPS) is 18.0. The van der Waals surface area contributed by atoms with Crippen molar-refractivity contribution in [2.75, 3.05) is 6.54 Å². The molecule has 0 aromatic heterocycles. The van der Waals surface area contributed by atoms with Crippen molar-refractivity contribution in [3.8, 4) is 0 Å². The van der Waals surface area contributed by atoms with Crippen molar-refractivity contribution in [1.29, 1.82) is 0 Å². The maximum absolute atomic E-state index is 12.2. The van der Waals surface area contributed by atoms with Crippen molar-refractivity contribution in [1.82, 2.24) is 10.6 Å². The zero-order chi connectivity index (χ0) is 16.3. The summed E-state index contributed by atoms with van der Waals surface area (Å²) >= 11 is 0. The van der Waals surface area contributed by atoms with Crippen LogP contribution in [-0.4, -0.2) is 29.3 Å². The van der Waals surface area contributed by atoms with E-state index in [0.29, 0.717) is 24.9 Å². The lowest BCUT2D eigenvalue weighted by Gasteiger charge is -2.23. The first-order chi connectivity index (χ1) is 10.4. The molecule has 7 nitrogen and oxygen atoms in total. The van der Waals surface area contributed by atoms with E-state index in [2.05, 4.69) is 10.6 Å². The Bertz CT molecular complexity index is 603. The molecule has 22 heavy (non-hydrogen) atoms. The van der Waals surface area contributed by atoms with Crippen molar-refractivity contribution in [3.63, 3.8) is 0 Å². The molecule has 1 saturated heterocycles. The SMILES string of the molecule is CC(C)c1ccc(C(=O)N[C@@H]2CCC(=O)NC2)cc1[N+](=O)[O-]. The van der Waals surface area contributed by atoms with Crippen LogP contribution < -0.4 is 10.6 Å². The van der Waals surface area contributed by atoms with E-state index in [-0.39, 0.29) is 35.0 Å². The minimum absolute atomic E-state index is 0.00562. The molecule has 118 valence electrons. The van der Waals surface area contributed by atoms with Gasteiger partial charge in [0.15, 0.2) is 0 Å². The number of nitro groups is 1. The smallest absolute Gasteiger partial charge is 0.273 e. The third-order valence-corrected chi connectivity index (χ3v) is 3.71. The predicted molar refractivity (Wildman–Crippen MR) is 80.7 cm³/mol. The van der Waals surface area contributed by atoms with Crippen LogP contribution in [0.2, 0.25) is 0 Å². The number of rotatable bonds is 4. The Balaban J connectivity index is 2.14. The number of carbonyl (C=O) groups is 2. The second kappa shape index (κ2) is 6.55. The van der Waals surface area contributed by atoms with Gasteiger partial charge in [0, 0.05) is 36.2 Å². The second-order valence-electron chi connectivity index (χ2n) is 5.70. The summed E-state index contributed by atoms with van der Waals surface area (Å²) in [7, 11) is 0. The first-order valence-corrected chi connectivity index (χ1v) is 7.24. The Morgan fingerprint density at radius 1 is 1.45 bits per heavy atom. The molecular weight excluding hydrogens is 286 g/mol. The Hall–Kier alpha value is -2.44. The maximum Gasteiger partial charge on any atom is 0.273 e. The van der Waals surface area contributed by atoms with E-state index in [1.807, 2.05) is 13.8 Å². The summed E-state index contributed by atoms with van der Waals surface area (Å²) in [5, 5.41) is 16.6. The van der Waals surface area contributed by atoms with Gasteiger partial charge in [0.2, 0.25) is 5.91 Å². The van der Waals surface area contributed by atoms with Gasteiger partial charge < -0.3 is 10.6 Å². The molecule has 1 fully saturated rings. The van der Waals surface area contributed by atoms with Gasteiger partial charge in [-0.05, 0) is 18.4 Å². The Labute approximate surface area is 128 Å². The lowest BCUT2D eigenvalue weighted by atomic mass is 9.99. The zero-order valence-electron chi connectivity index (χ0n) is 12.6. The summed E-state index contributed by atoms with van der Waals surface area (Å²) < 4.78 is 0. The number of nitro benzene ring substituents is 1. The highest BCUT2D eigenvalue weighted by Crippen LogP contribution is 2.27. The minimum Gasteiger partial charge on any atom is -0.354 e. The number of hydrogen-bond donors (Lipinski definition) is 2. The van der Waals surface area contributed by atoms with Gasteiger partial charge in [0.05, 0.1) is 4.92 Å². The molecular formula is C15H19N3O4. The lowest BCUT2D eigenvalue weighted by molar-refractivity contribution is -0.385. The van der Waals surface area contributed by atoms with Crippen LogP contribution in [0.3, 0.4) is 0 Å².